The summed E-state index contributed by atoms with van der Waals surface area (Å²) in [6.45, 7) is 11.5. The molecule has 0 amide bonds. The third kappa shape index (κ3) is 6.67. The van der Waals surface area contributed by atoms with E-state index in [1.54, 1.807) is 34.6 Å². The van der Waals surface area contributed by atoms with E-state index >= 15 is 0 Å². The van der Waals surface area contributed by atoms with Crippen LogP contribution in [0.15, 0.2) is 55.2 Å². The summed E-state index contributed by atoms with van der Waals surface area (Å²) in [7, 11) is 2.63. The summed E-state index contributed by atoms with van der Waals surface area (Å²) < 4.78 is 50.1. The van der Waals surface area contributed by atoms with E-state index in [0.717, 1.165) is 26.4 Å². The van der Waals surface area contributed by atoms with Crippen molar-refractivity contribution in [3.05, 3.63) is 136 Å². The van der Waals surface area contributed by atoms with Crippen molar-refractivity contribution in [2.75, 3.05) is 34.0 Å². The van der Waals surface area contributed by atoms with Crippen LogP contribution in [0.3, 0.4) is 0 Å². The third-order valence-corrected chi connectivity index (χ3v) is 18.7. The maximum absolute atomic E-state index is 14.6. The second kappa shape index (κ2) is 18.7. The van der Waals surface area contributed by atoms with Crippen molar-refractivity contribution >= 4 is 74.5 Å². The molecule has 14 rings (SSSR count). The van der Waals surface area contributed by atoms with E-state index in [4.69, 9.17) is 37.3 Å². The van der Waals surface area contributed by atoms with Crippen LogP contribution in [-0.4, -0.2) is 120 Å². The second-order valence-corrected chi connectivity index (χ2v) is 22.7. The number of aryl methyl sites for hydroxylation is 4. The predicted octanol–water partition coefficient (Wildman–Crippen LogP) is 5.25. The number of hydrogen-bond donors (Lipinski definition) is 4. The van der Waals surface area contributed by atoms with Gasteiger partial charge in [0.2, 0.25) is 0 Å². The number of Topliss-reactive ketones (excluding diaryl/α,β-unsaturated/α-hetero) is 4. The number of hydrogen-bond acceptors (Lipinski definition) is 24. The number of benzene rings is 4. The maximum Gasteiger partial charge on any atom is 0.347 e. The molecule has 2 saturated carbocycles. The van der Waals surface area contributed by atoms with Gasteiger partial charge in [-0.25, -0.2) is 19.2 Å². The van der Waals surface area contributed by atoms with Crippen LogP contribution in [0.1, 0.15) is 134 Å². The number of phenols is 4. The topological polar surface area (TPSA) is 360 Å². The van der Waals surface area contributed by atoms with Gasteiger partial charge < -0.3 is 62.4 Å². The number of carbonyl (C=O) groups excluding carboxylic acids is 9. The molecule has 4 N–H and O–H groups in total. The first kappa shape index (κ1) is 56.9. The van der Waals surface area contributed by atoms with E-state index in [1.165, 1.54) is 45.4 Å². The van der Waals surface area contributed by atoms with Crippen molar-refractivity contribution in [1.29, 1.82) is 0 Å². The standard InChI is InChI=1S/2C29H22O11.C4H8O2/c2*1-9-5-14(32)18-20-15(9)23(34)21-25(40-11(3)30)28(20,8-39-27(18)36)24-22(33)12-7-38-26(35)17-13(31)6-10(2)19(16(12)17)29(21,24)37-4;1-3-6-4(2)5/h2*5-7,21,24-25,31-32H,8H2,1-4H3;3H2,1-2H3/t2*21-,24+,25-,28-,29+;/m11./s1. The van der Waals surface area contributed by atoms with Crippen LogP contribution < -0.4 is 11.3 Å². The van der Waals surface area contributed by atoms with Gasteiger partial charge in [0.05, 0.1) is 52.2 Å². The van der Waals surface area contributed by atoms with Gasteiger partial charge in [-0.05, 0) is 103 Å². The molecule has 86 heavy (non-hydrogen) atoms. The number of cyclic esters (lactones) is 2. The zero-order chi connectivity index (χ0) is 62.2. The van der Waals surface area contributed by atoms with E-state index in [-0.39, 0.29) is 83.1 Å². The molecule has 0 radical (unpaired) electrons. The Balaban J connectivity index is 0.000000154. The Hall–Kier alpha value is -9.55. The predicted molar refractivity (Wildman–Crippen MR) is 289 cm³/mol. The van der Waals surface area contributed by atoms with Crippen molar-refractivity contribution in [2.45, 2.75) is 89.6 Å². The van der Waals surface area contributed by atoms with Gasteiger partial charge in [-0.3, -0.25) is 33.6 Å². The Morgan fingerprint density at radius 1 is 0.500 bits per heavy atom. The number of fused-ring (bicyclic) bond motifs is 8. The second-order valence-electron chi connectivity index (χ2n) is 22.7. The van der Waals surface area contributed by atoms with Gasteiger partial charge in [-0.2, -0.15) is 0 Å². The summed E-state index contributed by atoms with van der Waals surface area (Å²) in [6, 6.07) is 5.22. The molecular formula is C62H52O24. The smallest absolute Gasteiger partial charge is 0.347 e. The largest absolute Gasteiger partial charge is 0.507 e. The highest BCUT2D eigenvalue weighted by Crippen LogP contribution is 2.72. The van der Waals surface area contributed by atoms with Crippen molar-refractivity contribution in [2.24, 2.45) is 23.7 Å². The Labute approximate surface area is 484 Å². The molecule has 24 nitrogen and oxygen atoms in total. The van der Waals surface area contributed by atoms with E-state index < -0.39 is 152 Å². The van der Waals surface area contributed by atoms with Crippen molar-refractivity contribution in [3.63, 3.8) is 0 Å². The lowest BCUT2D eigenvalue weighted by molar-refractivity contribution is -0.155. The lowest BCUT2D eigenvalue weighted by Crippen LogP contribution is -2.57. The van der Waals surface area contributed by atoms with Crippen LogP contribution in [0.25, 0.3) is 21.5 Å². The fourth-order valence-corrected chi connectivity index (χ4v) is 16.4. The molecule has 0 saturated heterocycles. The Bertz CT molecular complexity index is 4120. The van der Waals surface area contributed by atoms with Crippen molar-refractivity contribution in [3.8, 4) is 23.0 Å². The highest BCUT2D eigenvalue weighted by Gasteiger charge is 2.83. The minimum atomic E-state index is -1.83. The van der Waals surface area contributed by atoms with Crippen LogP contribution in [0.4, 0.5) is 0 Å². The average Bonchev–Trinajstić information content (AvgIpc) is 1.47. The van der Waals surface area contributed by atoms with Gasteiger partial charge in [0, 0.05) is 56.9 Å². The molecule has 2 aliphatic heterocycles. The molecular weight excluding hydrogens is 1130 g/mol. The Kier molecular flexibility index (Phi) is 12.4. The van der Waals surface area contributed by atoms with Gasteiger partial charge in [0.15, 0.2) is 23.1 Å². The lowest BCUT2D eigenvalue weighted by atomic mass is 9.59. The highest BCUT2D eigenvalue weighted by atomic mass is 16.6. The molecule has 24 heteroatoms. The van der Waals surface area contributed by atoms with Gasteiger partial charge in [0.25, 0.3) is 0 Å². The average molecular weight is 1180 g/mol. The van der Waals surface area contributed by atoms with Crippen molar-refractivity contribution in [1.82, 2.24) is 0 Å². The molecule has 8 aliphatic rings. The minimum absolute atomic E-state index is 0.0471. The van der Waals surface area contributed by atoms with E-state index in [2.05, 4.69) is 4.74 Å². The summed E-state index contributed by atoms with van der Waals surface area (Å²) in [5.74, 6) is -12.9. The fraction of sp³-hybridized carbons (Fsp3) is 0.371. The van der Waals surface area contributed by atoms with E-state index in [1.807, 2.05) is 0 Å². The SMILES string of the molecule is CCOC(C)=O.CO[C@]12c3c(C)cc(O)c4c(=O)occ(c34)C(=O)[C@H]1[C@@]13COC(=O)c4c(O)cc(C)c(c41)C(=O)[C@@H]2[C@H]3OC(C)=O.CO[C@]12c3c(C)cc(O)c4c(=O)occ(c34)C(=O)[C@H]1[C@@]13COC(=O)c4c(O)cc(C)c(c41)C(=O)[C@@H]2[C@H]3OC(C)=O. The minimum Gasteiger partial charge on any atom is -0.507 e. The quantitative estimate of drug-likeness (QED) is 0.126. The fourth-order valence-electron chi connectivity index (χ4n) is 16.4. The van der Waals surface area contributed by atoms with Gasteiger partial charge in [0.1, 0.15) is 94.0 Å². The van der Waals surface area contributed by atoms with Gasteiger partial charge in [-0.15, -0.1) is 0 Å². The monoisotopic (exact) mass is 1180 g/mol. The molecule has 0 unspecified atom stereocenters. The summed E-state index contributed by atoms with van der Waals surface area (Å²) in [5.41, 5.74) is -6.94. The molecule has 6 aromatic rings. The highest BCUT2D eigenvalue weighted by molar-refractivity contribution is 6.21. The molecule has 4 heterocycles. The number of aromatic hydroxyl groups is 4. The molecule has 2 fully saturated rings. The maximum atomic E-state index is 14.6. The number of rotatable bonds is 5. The van der Waals surface area contributed by atoms with Gasteiger partial charge in [-0.1, -0.05) is 0 Å². The number of phenolic OH excluding ortho intramolecular Hbond substituents is 4. The van der Waals surface area contributed by atoms with Gasteiger partial charge >= 0.3 is 41.1 Å². The molecule has 2 aromatic heterocycles. The van der Waals surface area contributed by atoms with Crippen LogP contribution >= 0.6 is 0 Å². The first-order valence-corrected chi connectivity index (χ1v) is 27.0. The number of ketones is 4. The Morgan fingerprint density at radius 2 is 0.860 bits per heavy atom. The van der Waals surface area contributed by atoms with E-state index in [0.29, 0.717) is 28.9 Å². The summed E-state index contributed by atoms with van der Waals surface area (Å²) in [5, 5.41) is 42.9. The molecule has 6 aliphatic carbocycles. The molecule has 2 spiro atoms. The summed E-state index contributed by atoms with van der Waals surface area (Å²) in [6.07, 6.45) is -0.705. The molecule has 444 valence electrons. The number of carbonyl (C=O) groups is 9. The lowest BCUT2D eigenvalue weighted by Gasteiger charge is -2.47. The van der Waals surface area contributed by atoms with Crippen molar-refractivity contribution < 1.29 is 106 Å². The normalized spacial score (nSPS) is 27.7. The molecule has 10 atom stereocenters. The zero-order valence-corrected chi connectivity index (χ0v) is 47.5. The first-order chi connectivity index (χ1) is 40.6. The van der Waals surface area contributed by atoms with E-state index in [9.17, 15) is 73.2 Å². The number of ether oxygens (including phenoxy) is 7. The van der Waals surface area contributed by atoms with Crippen LogP contribution in [0, 0.1) is 51.4 Å². The Morgan fingerprint density at radius 3 is 1.17 bits per heavy atom. The summed E-state index contributed by atoms with van der Waals surface area (Å²) >= 11 is 0. The summed E-state index contributed by atoms with van der Waals surface area (Å²) in [4.78, 5) is 145. The first-order valence-electron chi connectivity index (χ1n) is 27.0. The van der Waals surface area contributed by atoms with Crippen LogP contribution in [0.2, 0.25) is 0 Å². The molecule has 4 aromatic carbocycles. The van der Waals surface area contributed by atoms with Crippen LogP contribution in [-0.2, 0) is 69.6 Å². The molecule has 4 bridgehead atoms. The number of esters is 5. The van der Waals surface area contributed by atoms with Crippen LogP contribution in [0.5, 0.6) is 23.0 Å². The third-order valence-electron chi connectivity index (χ3n) is 18.7. The zero-order valence-electron chi connectivity index (χ0n) is 47.5. The number of methoxy groups -OCH3 is 2.